The standard InChI is InChI=1S/C16H36N.C2H2O4.ClH/c1-5-9-13-17(14-10-6-2,15-11-7-3)16-12-8-4;3-1(4)2(5)6;/h5-16H2,1-4H3;(H,3,4)(H,5,6);1H/q+1;;/p-1. The number of halogens is 1. The van der Waals surface area contributed by atoms with Gasteiger partial charge in [-0.3, -0.25) is 0 Å². The van der Waals surface area contributed by atoms with Gasteiger partial charge in [-0.25, -0.2) is 9.59 Å². The highest BCUT2D eigenvalue weighted by Gasteiger charge is 2.24. The van der Waals surface area contributed by atoms with Crippen LogP contribution in [-0.2, 0) is 9.59 Å². The summed E-state index contributed by atoms with van der Waals surface area (Å²) in [4.78, 5) is 18.2. The van der Waals surface area contributed by atoms with E-state index in [9.17, 15) is 0 Å². The summed E-state index contributed by atoms with van der Waals surface area (Å²) in [5.74, 6) is -3.65. The average Bonchev–Trinajstić information content (AvgIpc) is 2.54. The molecule has 6 heteroatoms. The molecule has 0 fully saturated rings. The van der Waals surface area contributed by atoms with Crippen LogP contribution in [-0.4, -0.2) is 52.8 Å². The molecular weight excluding hydrogens is 330 g/mol. The minimum Gasteiger partial charge on any atom is -1.00 e. The molecular formula is C18H38ClNO4. The quantitative estimate of drug-likeness (QED) is 0.401. The van der Waals surface area contributed by atoms with Crippen molar-refractivity contribution in [3.63, 3.8) is 0 Å². The number of unbranched alkanes of at least 4 members (excludes halogenated alkanes) is 4. The Labute approximate surface area is 154 Å². The van der Waals surface area contributed by atoms with Crippen molar-refractivity contribution in [3.05, 3.63) is 0 Å². The lowest BCUT2D eigenvalue weighted by Crippen LogP contribution is -3.00. The zero-order valence-electron chi connectivity index (χ0n) is 16.0. The van der Waals surface area contributed by atoms with E-state index in [1.807, 2.05) is 0 Å². The summed E-state index contributed by atoms with van der Waals surface area (Å²) >= 11 is 0. The zero-order chi connectivity index (χ0) is 18.1. The van der Waals surface area contributed by atoms with Crippen LogP contribution in [0.25, 0.3) is 0 Å². The minimum atomic E-state index is -1.82. The Morgan fingerprint density at radius 3 is 0.958 bits per heavy atom. The second kappa shape index (κ2) is 18.5. The third-order valence-corrected chi connectivity index (χ3v) is 4.13. The third-order valence-electron chi connectivity index (χ3n) is 4.13. The van der Waals surface area contributed by atoms with E-state index in [2.05, 4.69) is 27.7 Å². The molecule has 24 heavy (non-hydrogen) atoms. The molecule has 5 nitrogen and oxygen atoms in total. The lowest BCUT2D eigenvalue weighted by molar-refractivity contribution is -0.929. The van der Waals surface area contributed by atoms with Gasteiger partial charge in [-0.15, -0.1) is 0 Å². The molecule has 0 aromatic carbocycles. The number of hydrogen-bond acceptors (Lipinski definition) is 2. The van der Waals surface area contributed by atoms with E-state index in [0.717, 1.165) is 0 Å². The number of carboxylic acids is 2. The van der Waals surface area contributed by atoms with Gasteiger partial charge in [-0.05, 0) is 25.7 Å². The molecule has 0 aliphatic heterocycles. The van der Waals surface area contributed by atoms with E-state index in [1.165, 1.54) is 82.0 Å². The van der Waals surface area contributed by atoms with Gasteiger partial charge in [0.15, 0.2) is 0 Å². The van der Waals surface area contributed by atoms with Gasteiger partial charge < -0.3 is 27.1 Å². The SMILES string of the molecule is CCCC[N+](CCCC)(CCCC)CCCC.O=C(O)C(=O)O.[Cl-]. The molecule has 0 spiro atoms. The van der Waals surface area contributed by atoms with Crippen molar-refractivity contribution in [2.45, 2.75) is 79.1 Å². The second-order valence-electron chi connectivity index (χ2n) is 6.26. The van der Waals surface area contributed by atoms with Crippen molar-refractivity contribution < 1.29 is 36.7 Å². The van der Waals surface area contributed by atoms with E-state index in [0.29, 0.717) is 0 Å². The molecule has 0 radical (unpaired) electrons. The summed E-state index contributed by atoms with van der Waals surface area (Å²) in [5.41, 5.74) is 0. The fraction of sp³-hybridized carbons (Fsp3) is 0.889. The predicted molar refractivity (Wildman–Crippen MR) is 94.6 cm³/mol. The number of carbonyl (C=O) groups is 2. The van der Waals surface area contributed by atoms with Crippen LogP contribution >= 0.6 is 0 Å². The van der Waals surface area contributed by atoms with Crippen molar-refractivity contribution in [1.82, 2.24) is 0 Å². The number of rotatable bonds is 12. The molecule has 0 aromatic heterocycles. The van der Waals surface area contributed by atoms with Crippen LogP contribution in [0, 0.1) is 0 Å². The van der Waals surface area contributed by atoms with Gasteiger partial charge in [-0.1, -0.05) is 53.4 Å². The Morgan fingerprint density at radius 1 is 0.625 bits per heavy atom. The number of aliphatic carboxylic acids is 2. The van der Waals surface area contributed by atoms with Gasteiger partial charge in [0.25, 0.3) is 0 Å². The van der Waals surface area contributed by atoms with Crippen LogP contribution in [0.1, 0.15) is 79.1 Å². The molecule has 0 saturated carbocycles. The Kier molecular flexibility index (Phi) is 21.6. The topological polar surface area (TPSA) is 74.6 Å². The first-order valence-corrected chi connectivity index (χ1v) is 9.20. The van der Waals surface area contributed by atoms with E-state index >= 15 is 0 Å². The van der Waals surface area contributed by atoms with Crippen molar-refractivity contribution in [2.24, 2.45) is 0 Å². The minimum absolute atomic E-state index is 0. The van der Waals surface area contributed by atoms with Crippen LogP contribution in [0.2, 0.25) is 0 Å². The molecule has 0 atom stereocenters. The Hall–Kier alpha value is -0.810. The number of carboxylic acid groups (broad SMARTS) is 2. The van der Waals surface area contributed by atoms with Crippen molar-refractivity contribution in [2.75, 3.05) is 26.2 Å². The summed E-state index contributed by atoms with van der Waals surface area (Å²) in [6.07, 6.45) is 11.1. The number of quaternary nitrogens is 1. The van der Waals surface area contributed by atoms with Gasteiger partial charge in [0, 0.05) is 0 Å². The van der Waals surface area contributed by atoms with Gasteiger partial charge in [0.2, 0.25) is 0 Å². The van der Waals surface area contributed by atoms with Crippen LogP contribution < -0.4 is 12.4 Å². The molecule has 2 N–H and O–H groups in total. The van der Waals surface area contributed by atoms with Crippen LogP contribution in [0.4, 0.5) is 0 Å². The first-order valence-electron chi connectivity index (χ1n) is 9.20. The lowest BCUT2D eigenvalue weighted by Gasteiger charge is -2.39. The molecule has 0 aliphatic carbocycles. The Morgan fingerprint density at radius 2 is 0.833 bits per heavy atom. The molecule has 0 bridgehead atoms. The fourth-order valence-corrected chi connectivity index (χ4v) is 2.64. The molecule has 0 aliphatic rings. The molecule has 146 valence electrons. The summed E-state index contributed by atoms with van der Waals surface area (Å²) in [6, 6.07) is 0. The predicted octanol–water partition coefficient (Wildman–Crippen LogP) is 1.16. The highest BCUT2D eigenvalue weighted by Crippen LogP contribution is 2.16. The van der Waals surface area contributed by atoms with Gasteiger partial charge in [0.05, 0.1) is 26.2 Å². The van der Waals surface area contributed by atoms with E-state index in [-0.39, 0.29) is 12.4 Å². The highest BCUT2D eigenvalue weighted by atomic mass is 35.5. The zero-order valence-corrected chi connectivity index (χ0v) is 16.8. The molecule has 0 rings (SSSR count). The van der Waals surface area contributed by atoms with Crippen LogP contribution in [0.5, 0.6) is 0 Å². The monoisotopic (exact) mass is 367 g/mol. The summed E-state index contributed by atoms with van der Waals surface area (Å²) < 4.78 is 1.42. The normalized spacial score (nSPS) is 10.3. The van der Waals surface area contributed by atoms with Crippen molar-refractivity contribution in [1.29, 1.82) is 0 Å². The lowest BCUT2D eigenvalue weighted by atomic mass is 10.1. The molecule has 0 unspecified atom stereocenters. The summed E-state index contributed by atoms with van der Waals surface area (Å²) in [6.45, 7) is 15.0. The molecule has 0 aromatic rings. The Bertz CT molecular complexity index is 262. The largest absolute Gasteiger partial charge is 1.00 e. The maximum absolute atomic E-state index is 9.10. The number of nitrogens with zero attached hydrogens (tertiary/aromatic N) is 1. The Balaban J connectivity index is -0.000000538. The molecule has 0 amide bonds. The van der Waals surface area contributed by atoms with Crippen LogP contribution in [0.15, 0.2) is 0 Å². The van der Waals surface area contributed by atoms with E-state index in [4.69, 9.17) is 19.8 Å². The third kappa shape index (κ3) is 16.1. The van der Waals surface area contributed by atoms with Gasteiger partial charge >= 0.3 is 11.9 Å². The average molecular weight is 368 g/mol. The van der Waals surface area contributed by atoms with E-state index in [1.54, 1.807) is 0 Å². The maximum Gasteiger partial charge on any atom is 0.414 e. The highest BCUT2D eigenvalue weighted by molar-refractivity contribution is 6.27. The van der Waals surface area contributed by atoms with Crippen LogP contribution in [0.3, 0.4) is 0 Å². The maximum atomic E-state index is 9.10. The fourth-order valence-electron chi connectivity index (χ4n) is 2.64. The first kappa shape index (κ1) is 28.0. The molecule has 0 saturated heterocycles. The summed E-state index contributed by atoms with van der Waals surface area (Å²) in [5, 5.41) is 14.8. The van der Waals surface area contributed by atoms with Crippen molar-refractivity contribution in [3.8, 4) is 0 Å². The summed E-state index contributed by atoms with van der Waals surface area (Å²) in [7, 11) is 0. The van der Waals surface area contributed by atoms with Crippen molar-refractivity contribution >= 4 is 11.9 Å². The van der Waals surface area contributed by atoms with Gasteiger partial charge in [0.1, 0.15) is 0 Å². The second-order valence-corrected chi connectivity index (χ2v) is 6.26. The first-order chi connectivity index (χ1) is 10.9. The van der Waals surface area contributed by atoms with E-state index < -0.39 is 11.9 Å². The molecule has 0 heterocycles. The number of hydrogen-bond donors (Lipinski definition) is 2. The van der Waals surface area contributed by atoms with Gasteiger partial charge in [-0.2, -0.15) is 0 Å². The smallest absolute Gasteiger partial charge is 0.414 e.